The molecule has 3 atom stereocenters. The molecule has 1 fully saturated rings. The Hall–Kier alpha value is 0.310. The highest BCUT2D eigenvalue weighted by molar-refractivity contribution is 8.01. The zero-order chi connectivity index (χ0) is 18.2. The van der Waals surface area contributed by atoms with Gasteiger partial charge in [-0.1, -0.05) is 60.8 Å². The van der Waals surface area contributed by atoms with E-state index in [1.807, 2.05) is 0 Å². The van der Waals surface area contributed by atoms with Gasteiger partial charge < -0.3 is 5.32 Å². The average molecular weight is 356 g/mol. The number of hydrogen-bond acceptors (Lipinski definition) is 2. The molecule has 2 heteroatoms. The fraction of sp³-hybridized carbons (Fsp3) is 1.00. The van der Waals surface area contributed by atoms with E-state index in [2.05, 4.69) is 65.7 Å². The van der Waals surface area contributed by atoms with E-state index in [1.165, 1.54) is 64.3 Å². The molecule has 0 saturated heterocycles. The predicted molar refractivity (Wildman–Crippen MR) is 113 cm³/mol. The van der Waals surface area contributed by atoms with E-state index in [-0.39, 0.29) is 0 Å². The van der Waals surface area contributed by atoms with Crippen molar-refractivity contribution in [2.24, 2.45) is 17.3 Å². The second-order valence-corrected chi connectivity index (χ2v) is 11.5. The molecule has 0 radical (unpaired) electrons. The summed E-state index contributed by atoms with van der Waals surface area (Å²) >= 11 is 2.33. The van der Waals surface area contributed by atoms with Crippen LogP contribution in [0.2, 0.25) is 0 Å². The van der Waals surface area contributed by atoms with Crippen LogP contribution in [0.1, 0.15) is 99.3 Å². The van der Waals surface area contributed by atoms with Gasteiger partial charge in [-0.2, -0.15) is 11.8 Å². The molecular formula is C22H45NS. The molecule has 0 aliphatic heterocycles. The second kappa shape index (κ2) is 10.5. The largest absolute Gasteiger partial charge is 0.319 e. The van der Waals surface area contributed by atoms with Crippen molar-refractivity contribution in [3.63, 3.8) is 0 Å². The normalized spacial score (nSPS) is 23.6. The molecule has 0 amide bonds. The fourth-order valence-electron chi connectivity index (χ4n) is 4.45. The van der Waals surface area contributed by atoms with Crippen LogP contribution in [-0.2, 0) is 0 Å². The molecule has 3 unspecified atom stereocenters. The number of hydrogen-bond donors (Lipinski definition) is 1. The molecule has 24 heavy (non-hydrogen) atoms. The molecule has 1 saturated carbocycles. The molecule has 1 rings (SSSR count). The minimum atomic E-state index is 0.434. The Morgan fingerprint density at radius 1 is 1.04 bits per heavy atom. The van der Waals surface area contributed by atoms with Gasteiger partial charge in [0.05, 0.1) is 0 Å². The fourth-order valence-corrected chi connectivity index (χ4v) is 6.21. The zero-order valence-electron chi connectivity index (χ0n) is 17.7. The third kappa shape index (κ3) is 8.13. The topological polar surface area (TPSA) is 12.0 Å². The van der Waals surface area contributed by atoms with Crippen LogP contribution >= 0.6 is 11.8 Å². The molecule has 0 aromatic rings. The molecule has 0 aromatic heterocycles. The maximum atomic E-state index is 3.40. The summed E-state index contributed by atoms with van der Waals surface area (Å²) in [4.78, 5) is 0. The summed E-state index contributed by atoms with van der Waals surface area (Å²) in [6, 6.07) is 0. The lowest BCUT2D eigenvalue weighted by Gasteiger charge is -2.34. The highest BCUT2D eigenvalue weighted by atomic mass is 32.2. The highest BCUT2D eigenvalue weighted by Gasteiger charge is 2.34. The van der Waals surface area contributed by atoms with E-state index in [0.29, 0.717) is 10.2 Å². The first-order chi connectivity index (χ1) is 11.2. The maximum absolute atomic E-state index is 3.40. The van der Waals surface area contributed by atoms with Crippen LogP contribution in [0.25, 0.3) is 0 Å². The van der Waals surface area contributed by atoms with Gasteiger partial charge >= 0.3 is 0 Å². The minimum Gasteiger partial charge on any atom is -0.319 e. The van der Waals surface area contributed by atoms with Crippen LogP contribution in [0.4, 0.5) is 0 Å². The van der Waals surface area contributed by atoms with Gasteiger partial charge in [-0.25, -0.2) is 0 Å². The lowest BCUT2D eigenvalue weighted by Crippen LogP contribution is -2.27. The summed E-state index contributed by atoms with van der Waals surface area (Å²) in [7, 11) is 2.10. The molecule has 0 heterocycles. The van der Waals surface area contributed by atoms with Gasteiger partial charge in [-0.3, -0.25) is 0 Å². The van der Waals surface area contributed by atoms with Crippen LogP contribution in [-0.4, -0.2) is 23.6 Å². The van der Waals surface area contributed by atoms with E-state index in [4.69, 9.17) is 0 Å². The van der Waals surface area contributed by atoms with E-state index in [1.54, 1.807) is 0 Å². The zero-order valence-corrected chi connectivity index (χ0v) is 18.5. The first-order valence-corrected chi connectivity index (χ1v) is 11.4. The highest BCUT2D eigenvalue weighted by Crippen LogP contribution is 2.46. The van der Waals surface area contributed by atoms with Crippen LogP contribution in [0.3, 0.4) is 0 Å². The van der Waals surface area contributed by atoms with E-state index < -0.39 is 0 Å². The predicted octanol–water partition coefficient (Wildman–Crippen LogP) is 6.91. The summed E-state index contributed by atoms with van der Waals surface area (Å²) in [6.07, 6.45) is 12.5. The molecule has 1 aliphatic rings. The van der Waals surface area contributed by atoms with Crippen molar-refractivity contribution in [2.45, 2.75) is 109 Å². The van der Waals surface area contributed by atoms with E-state index in [9.17, 15) is 0 Å². The number of rotatable bonds is 12. The van der Waals surface area contributed by atoms with Crippen molar-refractivity contribution in [1.29, 1.82) is 0 Å². The Morgan fingerprint density at radius 2 is 1.75 bits per heavy atom. The third-order valence-electron chi connectivity index (χ3n) is 6.10. The molecular weight excluding hydrogens is 310 g/mol. The van der Waals surface area contributed by atoms with E-state index in [0.717, 1.165) is 17.1 Å². The van der Waals surface area contributed by atoms with Gasteiger partial charge in [-0.05, 0) is 69.4 Å². The molecule has 144 valence electrons. The van der Waals surface area contributed by atoms with Gasteiger partial charge in [0.1, 0.15) is 0 Å². The Balaban J connectivity index is 2.52. The van der Waals surface area contributed by atoms with Crippen molar-refractivity contribution < 1.29 is 0 Å². The number of nitrogens with one attached hydrogen (secondary N) is 1. The summed E-state index contributed by atoms with van der Waals surface area (Å²) in [5.41, 5.74) is 0.516. The Kier molecular flexibility index (Phi) is 9.74. The maximum Gasteiger partial charge on any atom is 0.0106 e. The van der Waals surface area contributed by atoms with E-state index >= 15 is 0 Å². The van der Waals surface area contributed by atoms with Crippen LogP contribution < -0.4 is 5.32 Å². The number of thioether (sulfide) groups is 1. The summed E-state index contributed by atoms with van der Waals surface area (Å²) in [6.45, 7) is 15.8. The Morgan fingerprint density at radius 3 is 2.33 bits per heavy atom. The monoisotopic (exact) mass is 355 g/mol. The smallest absolute Gasteiger partial charge is 0.0106 e. The van der Waals surface area contributed by atoms with Gasteiger partial charge in [-0.15, -0.1) is 0 Å². The molecule has 0 bridgehead atoms. The van der Waals surface area contributed by atoms with Crippen LogP contribution in [0.15, 0.2) is 0 Å². The molecule has 0 spiro atoms. The van der Waals surface area contributed by atoms with Gasteiger partial charge in [0, 0.05) is 10.00 Å². The SMILES string of the molecule is CCCC(C)(C)CCC(C)(C)SC1CCCC1CC(CC)CNC. The van der Waals surface area contributed by atoms with Crippen LogP contribution in [0, 0.1) is 17.3 Å². The van der Waals surface area contributed by atoms with Crippen molar-refractivity contribution >= 4 is 11.8 Å². The molecule has 1 N–H and O–H groups in total. The van der Waals surface area contributed by atoms with Gasteiger partial charge in [0.25, 0.3) is 0 Å². The quantitative estimate of drug-likeness (QED) is 0.408. The van der Waals surface area contributed by atoms with Gasteiger partial charge in [0.2, 0.25) is 0 Å². The first-order valence-electron chi connectivity index (χ1n) is 10.6. The second-order valence-electron chi connectivity index (χ2n) is 9.59. The van der Waals surface area contributed by atoms with Crippen molar-refractivity contribution in [3.8, 4) is 0 Å². The van der Waals surface area contributed by atoms with Gasteiger partial charge in [0.15, 0.2) is 0 Å². The Bertz CT molecular complexity index is 337. The van der Waals surface area contributed by atoms with Crippen molar-refractivity contribution in [1.82, 2.24) is 5.32 Å². The Labute approximate surface area is 157 Å². The molecule has 0 aromatic carbocycles. The van der Waals surface area contributed by atoms with Crippen molar-refractivity contribution in [2.75, 3.05) is 13.6 Å². The molecule has 1 nitrogen and oxygen atoms in total. The summed E-state index contributed by atoms with van der Waals surface area (Å²) in [5.74, 6) is 1.82. The standard InChI is InChI=1S/C22H45NS/c1-8-13-21(3,4)14-15-22(5,6)24-20-12-10-11-19(20)16-18(9-2)17-23-7/h18-20,23H,8-17H2,1-7H3. The summed E-state index contributed by atoms with van der Waals surface area (Å²) < 4.78 is 0.434. The first kappa shape index (κ1) is 22.4. The van der Waals surface area contributed by atoms with Crippen molar-refractivity contribution in [3.05, 3.63) is 0 Å². The average Bonchev–Trinajstić information content (AvgIpc) is 2.91. The molecule has 1 aliphatic carbocycles. The van der Waals surface area contributed by atoms with Crippen LogP contribution in [0.5, 0.6) is 0 Å². The lowest BCUT2D eigenvalue weighted by molar-refractivity contribution is 0.285. The summed E-state index contributed by atoms with van der Waals surface area (Å²) in [5, 5.41) is 4.30. The lowest BCUT2D eigenvalue weighted by atomic mass is 9.81. The minimum absolute atomic E-state index is 0.434. The third-order valence-corrected chi connectivity index (χ3v) is 7.86.